The topological polar surface area (TPSA) is 8.17 Å². The Morgan fingerprint density at radius 3 is 1.72 bits per heavy atom. The van der Waals surface area contributed by atoms with Gasteiger partial charge in [-0.25, -0.2) is 0 Å². The summed E-state index contributed by atoms with van der Waals surface area (Å²) in [5, 5.41) is 2.42. The van der Waals surface area contributed by atoms with Crippen LogP contribution in [0.5, 0.6) is 0 Å². The molecule has 2 aliphatic rings. The second-order valence-electron chi connectivity index (χ2n) is 18.7. The first-order valence-electron chi connectivity index (χ1n) is 24.8. The molecule has 10 aromatic carbocycles. The number of anilines is 3. The Hall–Kier alpha value is -8.98. The van der Waals surface area contributed by atoms with Crippen LogP contribution in [0.4, 0.5) is 17.1 Å². The molecule has 336 valence electrons. The summed E-state index contributed by atoms with van der Waals surface area (Å²) in [4.78, 5) is 2.47. The van der Waals surface area contributed by atoms with Gasteiger partial charge in [-0.1, -0.05) is 237 Å². The van der Waals surface area contributed by atoms with Crippen molar-refractivity contribution in [2.75, 3.05) is 4.90 Å². The van der Waals surface area contributed by atoms with Crippen LogP contribution in [0.15, 0.2) is 267 Å². The van der Waals surface area contributed by atoms with Crippen LogP contribution in [-0.2, 0) is 5.41 Å². The Balaban J connectivity index is 0.982. The van der Waals surface area contributed by atoms with Gasteiger partial charge in [0.1, 0.15) is 0 Å². The van der Waals surface area contributed by atoms with E-state index in [-0.39, 0.29) is 0 Å². The summed E-state index contributed by atoms with van der Waals surface area (Å²) in [6.45, 7) is 0. The lowest BCUT2D eigenvalue weighted by molar-refractivity contribution is 0.768. The van der Waals surface area contributed by atoms with E-state index in [4.69, 9.17) is 0 Å². The van der Waals surface area contributed by atoms with Gasteiger partial charge in [0.2, 0.25) is 0 Å². The van der Waals surface area contributed by atoms with Crippen molar-refractivity contribution in [3.63, 3.8) is 0 Å². The number of benzene rings is 10. The SMILES string of the molecule is C1=CC(c2ccccc2N(c2ccc3c4ccc(/C=C/c5cccc6c5-c5ccccc5C6(c5ccccc5)c5ccccc5)cc4n(-c4ccccc4)c3c2)c2ccccc2-c2ccccc2)=CCC1. The van der Waals surface area contributed by atoms with Crippen molar-refractivity contribution in [2.24, 2.45) is 0 Å². The minimum atomic E-state index is -0.446. The van der Waals surface area contributed by atoms with Crippen molar-refractivity contribution in [2.45, 2.75) is 18.3 Å². The predicted octanol–water partition coefficient (Wildman–Crippen LogP) is 18.2. The maximum Gasteiger partial charge on any atom is 0.0713 e. The minimum Gasteiger partial charge on any atom is -0.309 e. The van der Waals surface area contributed by atoms with Gasteiger partial charge < -0.3 is 9.47 Å². The molecule has 71 heavy (non-hydrogen) atoms. The highest BCUT2D eigenvalue weighted by molar-refractivity contribution is 6.11. The summed E-state index contributed by atoms with van der Waals surface area (Å²) < 4.78 is 2.45. The normalized spacial score (nSPS) is 13.6. The molecular formula is C69H50N2. The summed E-state index contributed by atoms with van der Waals surface area (Å²) in [6, 6.07) is 91.3. The average Bonchev–Trinajstić information content (AvgIpc) is 3.95. The zero-order valence-electron chi connectivity index (χ0n) is 39.4. The number of rotatable bonds is 10. The van der Waals surface area contributed by atoms with Crippen LogP contribution >= 0.6 is 0 Å². The molecule has 1 aromatic heterocycles. The molecule has 11 aromatic rings. The Bertz CT molecular complexity index is 3820. The van der Waals surface area contributed by atoms with E-state index >= 15 is 0 Å². The fourth-order valence-corrected chi connectivity index (χ4v) is 11.6. The zero-order valence-corrected chi connectivity index (χ0v) is 39.4. The van der Waals surface area contributed by atoms with E-state index in [1.54, 1.807) is 0 Å². The molecule has 0 unspecified atom stereocenters. The van der Waals surface area contributed by atoms with Crippen LogP contribution < -0.4 is 4.90 Å². The Labute approximate surface area is 416 Å². The lowest BCUT2D eigenvalue weighted by atomic mass is 9.67. The van der Waals surface area contributed by atoms with Crippen LogP contribution in [0, 0.1) is 0 Å². The minimum absolute atomic E-state index is 0.446. The van der Waals surface area contributed by atoms with Gasteiger partial charge >= 0.3 is 0 Å². The van der Waals surface area contributed by atoms with Crippen molar-refractivity contribution in [1.29, 1.82) is 0 Å². The first kappa shape index (κ1) is 42.1. The van der Waals surface area contributed by atoms with Crippen molar-refractivity contribution in [3.8, 4) is 27.9 Å². The number of hydrogen-bond donors (Lipinski definition) is 0. The second kappa shape index (κ2) is 17.8. The molecule has 2 aliphatic carbocycles. The summed E-state index contributed by atoms with van der Waals surface area (Å²) >= 11 is 0. The summed E-state index contributed by atoms with van der Waals surface area (Å²) in [7, 11) is 0. The smallest absolute Gasteiger partial charge is 0.0713 e. The van der Waals surface area contributed by atoms with E-state index in [2.05, 4.69) is 289 Å². The molecule has 0 aliphatic heterocycles. The molecule has 1 heterocycles. The largest absolute Gasteiger partial charge is 0.309 e. The molecule has 0 amide bonds. The van der Waals surface area contributed by atoms with Gasteiger partial charge in [-0.15, -0.1) is 0 Å². The molecule has 13 rings (SSSR count). The van der Waals surface area contributed by atoms with Crippen molar-refractivity contribution < 1.29 is 0 Å². The predicted molar refractivity (Wildman–Crippen MR) is 300 cm³/mol. The molecule has 0 radical (unpaired) electrons. The summed E-state index contributed by atoms with van der Waals surface area (Å²) in [5.41, 5.74) is 21.2. The molecule has 0 atom stereocenters. The molecule has 0 spiro atoms. The van der Waals surface area contributed by atoms with Crippen LogP contribution in [-0.4, -0.2) is 4.57 Å². The molecule has 2 nitrogen and oxygen atoms in total. The zero-order chi connectivity index (χ0) is 47.1. The number of fused-ring (bicyclic) bond motifs is 6. The highest BCUT2D eigenvalue weighted by Gasteiger charge is 2.46. The van der Waals surface area contributed by atoms with E-state index in [0.29, 0.717) is 0 Å². The van der Waals surface area contributed by atoms with E-state index < -0.39 is 5.41 Å². The van der Waals surface area contributed by atoms with Crippen LogP contribution in [0.2, 0.25) is 0 Å². The van der Waals surface area contributed by atoms with E-state index in [9.17, 15) is 0 Å². The lowest BCUT2D eigenvalue weighted by Crippen LogP contribution is -2.28. The van der Waals surface area contributed by atoms with Gasteiger partial charge in [0.05, 0.1) is 27.8 Å². The standard InChI is InChI=1S/C69H50N2/c1-6-23-50(24-7-1)57-34-17-20-39-64(57)71(65-40-21-18-35-58(65)51-25-8-2-9-26-51)56-44-46-60-59-45-42-49(47-66(59)70(67(60)48-56)55-32-14-5-15-33-55)41-43-52-27-22-38-63-68(52)61-36-16-19-37-62(61)69(63,53-28-10-3-11-29-53)54-30-12-4-13-31-54/h1,3-8,10-48H,2,9H2/b43-41+. The van der Waals surface area contributed by atoms with E-state index in [1.807, 2.05) is 0 Å². The molecule has 0 N–H and O–H groups in total. The van der Waals surface area contributed by atoms with Crippen molar-refractivity contribution in [3.05, 3.63) is 306 Å². The quantitative estimate of drug-likeness (QED) is 0.124. The van der Waals surface area contributed by atoms with E-state index in [1.165, 1.54) is 72.0 Å². The molecular weight excluding hydrogens is 857 g/mol. The Morgan fingerprint density at radius 1 is 0.437 bits per heavy atom. The summed E-state index contributed by atoms with van der Waals surface area (Å²) in [6.07, 6.45) is 13.7. The number of para-hydroxylation sites is 3. The van der Waals surface area contributed by atoms with Gasteiger partial charge in [-0.3, -0.25) is 0 Å². The highest BCUT2D eigenvalue weighted by Crippen LogP contribution is 2.57. The van der Waals surface area contributed by atoms with E-state index in [0.717, 1.165) is 52.2 Å². The van der Waals surface area contributed by atoms with Crippen LogP contribution in [0.1, 0.15) is 51.8 Å². The third-order valence-electron chi connectivity index (χ3n) is 14.7. The fraction of sp³-hybridized carbons (Fsp3) is 0.0435. The molecule has 0 saturated carbocycles. The van der Waals surface area contributed by atoms with Gasteiger partial charge in [0.25, 0.3) is 0 Å². The second-order valence-corrected chi connectivity index (χ2v) is 18.7. The summed E-state index contributed by atoms with van der Waals surface area (Å²) in [5.74, 6) is 0. The average molecular weight is 907 g/mol. The number of aromatic nitrogens is 1. The molecule has 0 fully saturated rings. The van der Waals surface area contributed by atoms with Crippen LogP contribution in [0.25, 0.3) is 67.5 Å². The van der Waals surface area contributed by atoms with Crippen molar-refractivity contribution in [1.82, 2.24) is 4.57 Å². The Kier molecular flexibility index (Phi) is 10.6. The molecule has 0 saturated heterocycles. The monoisotopic (exact) mass is 906 g/mol. The van der Waals surface area contributed by atoms with Gasteiger partial charge in [-0.05, 0) is 111 Å². The van der Waals surface area contributed by atoms with Crippen LogP contribution in [0.3, 0.4) is 0 Å². The number of nitrogens with zero attached hydrogens (tertiary/aromatic N) is 2. The van der Waals surface area contributed by atoms with Crippen molar-refractivity contribution >= 4 is 56.6 Å². The number of allylic oxidation sites excluding steroid dienone is 4. The maximum absolute atomic E-state index is 2.47. The van der Waals surface area contributed by atoms with Gasteiger partial charge in [0, 0.05) is 33.3 Å². The first-order valence-corrected chi connectivity index (χ1v) is 24.8. The molecule has 0 bridgehead atoms. The lowest BCUT2D eigenvalue weighted by Gasteiger charge is -2.33. The van der Waals surface area contributed by atoms with Gasteiger partial charge in [0.15, 0.2) is 0 Å². The maximum atomic E-state index is 2.47. The number of hydrogen-bond acceptors (Lipinski definition) is 1. The Morgan fingerprint density at radius 2 is 1.01 bits per heavy atom. The molecule has 2 heteroatoms. The third-order valence-corrected chi connectivity index (χ3v) is 14.7. The first-order chi connectivity index (χ1) is 35.3. The highest BCUT2D eigenvalue weighted by atomic mass is 15.1. The third kappa shape index (κ3) is 7.10. The fourth-order valence-electron chi connectivity index (χ4n) is 11.6. The van der Waals surface area contributed by atoms with Gasteiger partial charge in [-0.2, -0.15) is 0 Å².